The van der Waals surface area contributed by atoms with Crippen LogP contribution in [0.15, 0.2) is 47.9 Å². The molecule has 2 aromatic rings. The highest BCUT2D eigenvalue weighted by atomic mass is 16.5. The molecule has 0 unspecified atom stereocenters. The van der Waals surface area contributed by atoms with Gasteiger partial charge in [0.25, 0.3) is 0 Å². The van der Waals surface area contributed by atoms with Crippen LogP contribution in [0.5, 0.6) is 5.75 Å². The van der Waals surface area contributed by atoms with E-state index in [-0.39, 0.29) is 0 Å². The molecule has 100 valence electrons. The van der Waals surface area contributed by atoms with E-state index in [2.05, 4.69) is 10.3 Å². The molecule has 0 aliphatic heterocycles. The molecule has 1 heterocycles. The summed E-state index contributed by atoms with van der Waals surface area (Å²) in [4.78, 5) is 0. The number of aromatic nitrogens is 2. The Morgan fingerprint density at radius 1 is 1.37 bits per heavy atom. The first kappa shape index (κ1) is 13.1. The zero-order chi connectivity index (χ0) is 13.5. The normalized spacial score (nSPS) is 11.5. The number of rotatable bonds is 6. The zero-order valence-electron chi connectivity index (χ0n) is 10.9. The fourth-order valence-electron chi connectivity index (χ4n) is 1.72. The van der Waals surface area contributed by atoms with Crippen molar-refractivity contribution in [2.45, 2.75) is 19.9 Å². The van der Waals surface area contributed by atoms with Crippen LogP contribution in [0.4, 0.5) is 0 Å². The van der Waals surface area contributed by atoms with Gasteiger partial charge in [-0.1, -0.05) is 17.3 Å². The van der Waals surface area contributed by atoms with Crippen molar-refractivity contribution in [2.75, 3.05) is 6.61 Å². The molecule has 0 amide bonds. The predicted octanol–water partition coefficient (Wildman–Crippen LogP) is 2.35. The Morgan fingerprint density at radius 3 is 2.79 bits per heavy atom. The fourth-order valence-corrected chi connectivity index (χ4v) is 1.72. The number of oxime groups is 1. The smallest absolute Gasteiger partial charge is 0.119 e. The van der Waals surface area contributed by atoms with Crippen LogP contribution in [0.2, 0.25) is 0 Å². The molecule has 2 rings (SSSR count). The SMILES string of the molecule is C/C(Cc1ccc(OCCn2cccn2)cc1)=N/O. The van der Waals surface area contributed by atoms with Gasteiger partial charge in [0.15, 0.2) is 0 Å². The molecule has 1 aromatic carbocycles. The van der Waals surface area contributed by atoms with Crippen LogP contribution < -0.4 is 4.74 Å². The molecule has 5 heteroatoms. The molecule has 0 radical (unpaired) electrons. The average molecular weight is 259 g/mol. The van der Waals surface area contributed by atoms with Gasteiger partial charge < -0.3 is 9.94 Å². The van der Waals surface area contributed by atoms with Gasteiger partial charge >= 0.3 is 0 Å². The van der Waals surface area contributed by atoms with Crippen LogP contribution >= 0.6 is 0 Å². The Labute approximate surface area is 112 Å². The number of benzene rings is 1. The van der Waals surface area contributed by atoms with Crippen molar-refractivity contribution in [3.63, 3.8) is 0 Å². The summed E-state index contributed by atoms with van der Waals surface area (Å²) < 4.78 is 7.45. The van der Waals surface area contributed by atoms with E-state index in [1.165, 1.54) is 0 Å². The number of ether oxygens (including phenoxy) is 1. The predicted molar refractivity (Wildman–Crippen MR) is 72.8 cm³/mol. The molecule has 0 saturated carbocycles. The molecule has 0 aliphatic rings. The highest BCUT2D eigenvalue weighted by molar-refractivity contribution is 5.83. The molecule has 1 aromatic heterocycles. The van der Waals surface area contributed by atoms with E-state index in [4.69, 9.17) is 9.94 Å². The lowest BCUT2D eigenvalue weighted by Gasteiger charge is -2.07. The van der Waals surface area contributed by atoms with Gasteiger partial charge in [0, 0.05) is 18.8 Å². The molecule has 0 aliphatic carbocycles. The molecular weight excluding hydrogens is 242 g/mol. The van der Waals surface area contributed by atoms with Crippen molar-refractivity contribution in [3.05, 3.63) is 48.3 Å². The van der Waals surface area contributed by atoms with E-state index in [0.717, 1.165) is 17.9 Å². The number of hydrogen-bond acceptors (Lipinski definition) is 4. The van der Waals surface area contributed by atoms with E-state index in [1.807, 2.05) is 41.2 Å². The minimum absolute atomic E-state index is 0.582. The third kappa shape index (κ3) is 4.13. The Balaban J connectivity index is 1.81. The number of hydrogen-bond donors (Lipinski definition) is 1. The lowest BCUT2D eigenvalue weighted by atomic mass is 10.1. The first-order valence-corrected chi connectivity index (χ1v) is 6.14. The summed E-state index contributed by atoms with van der Waals surface area (Å²) in [6.07, 6.45) is 4.30. The van der Waals surface area contributed by atoms with E-state index in [0.29, 0.717) is 18.7 Å². The summed E-state index contributed by atoms with van der Waals surface area (Å²) >= 11 is 0. The first-order chi connectivity index (χ1) is 9.28. The summed E-state index contributed by atoms with van der Waals surface area (Å²) in [6.45, 7) is 3.09. The Hall–Kier alpha value is -2.30. The molecular formula is C14H17N3O2. The zero-order valence-corrected chi connectivity index (χ0v) is 10.9. The maximum absolute atomic E-state index is 8.61. The Bertz CT molecular complexity index is 518. The van der Waals surface area contributed by atoms with E-state index < -0.39 is 0 Å². The minimum Gasteiger partial charge on any atom is -0.492 e. The maximum Gasteiger partial charge on any atom is 0.119 e. The van der Waals surface area contributed by atoms with Gasteiger partial charge in [0.1, 0.15) is 12.4 Å². The van der Waals surface area contributed by atoms with E-state index >= 15 is 0 Å². The highest BCUT2D eigenvalue weighted by Gasteiger charge is 1.99. The fraction of sp³-hybridized carbons (Fsp3) is 0.286. The van der Waals surface area contributed by atoms with Crippen molar-refractivity contribution in [3.8, 4) is 5.75 Å². The lowest BCUT2D eigenvalue weighted by molar-refractivity contribution is 0.291. The van der Waals surface area contributed by atoms with Crippen LogP contribution in [0.3, 0.4) is 0 Å². The lowest BCUT2D eigenvalue weighted by Crippen LogP contribution is -2.08. The van der Waals surface area contributed by atoms with E-state index in [1.54, 1.807) is 13.1 Å². The third-order valence-electron chi connectivity index (χ3n) is 2.70. The van der Waals surface area contributed by atoms with Gasteiger partial charge in [0.2, 0.25) is 0 Å². The van der Waals surface area contributed by atoms with E-state index in [9.17, 15) is 0 Å². The molecule has 0 fully saturated rings. The standard InChI is InChI=1S/C14H17N3O2/c1-12(16-18)11-13-3-5-14(6-4-13)19-10-9-17-8-2-7-15-17/h2-8,18H,9-11H2,1H3/b16-12-. The van der Waals surface area contributed by atoms with Crippen molar-refractivity contribution < 1.29 is 9.94 Å². The van der Waals surface area contributed by atoms with Crippen LogP contribution in [-0.4, -0.2) is 27.3 Å². The number of nitrogens with zero attached hydrogens (tertiary/aromatic N) is 3. The third-order valence-corrected chi connectivity index (χ3v) is 2.70. The summed E-state index contributed by atoms with van der Waals surface area (Å²) in [5, 5.41) is 15.9. The van der Waals surface area contributed by atoms with Gasteiger partial charge in [-0.3, -0.25) is 4.68 Å². The van der Waals surface area contributed by atoms with Gasteiger partial charge in [-0.05, 0) is 30.7 Å². The van der Waals surface area contributed by atoms with Crippen LogP contribution in [0, 0.1) is 0 Å². The molecule has 0 atom stereocenters. The minimum atomic E-state index is 0.582. The van der Waals surface area contributed by atoms with Crippen molar-refractivity contribution in [2.24, 2.45) is 5.16 Å². The van der Waals surface area contributed by atoms with Crippen molar-refractivity contribution >= 4 is 5.71 Å². The summed E-state index contributed by atoms with van der Waals surface area (Å²) in [5.41, 5.74) is 1.78. The first-order valence-electron chi connectivity index (χ1n) is 6.14. The molecule has 19 heavy (non-hydrogen) atoms. The molecule has 1 N–H and O–H groups in total. The topological polar surface area (TPSA) is 59.6 Å². The Kier molecular flexibility index (Phi) is 4.55. The monoisotopic (exact) mass is 259 g/mol. The quantitative estimate of drug-likeness (QED) is 0.492. The van der Waals surface area contributed by atoms with Crippen LogP contribution in [0.1, 0.15) is 12.5 Å². The second-order valence-electron chi connectivity index (χ2n) is 4.27. The second-order valence-corrected chi connectivity index (χ2v) is 4.27. The summed E-state index contributed by atoms with van der Waals surface area (Å²) in [6, 6.07) is 9.67. The molecule has 0 saturated heterocycles. The average Bonchev–Trinajstić information content (AvgIpc) is 2.94. The second kappa shape index (κ2) is 6.58. The summed E-state index contributed by atoms with van der Waals surface area (Å²) in [5.74, 6) is 0.828. The van der Waals surface area contributed by atoms with Gasteiger partial charge in [-0.2, -0.15) is 5.10 Å². The van der Waals surface area contributed by atoms with Crippen LogP contribution in [0.25, 0.3) is 0 Å². The van der Waals surface area contributed by atoms with Crippen molar-refractivity contribution in [1.29, 1.82) is 0 Å². The van der Waals surface area contributed by atoms with Gasteiger partial charge in [-0.25, -0.2) is 0 Å². The molecule has 0 bridgehead atoms. The van der Waals surface area contributed by atoms with Crippen molar-refractivity contribution in [1.82, 2.24) is 9.78 Å². The molecule has 5 nitrogen and oxygen atoms in total. The maximum atomic E-state index is 8.61. The van der Waals surface area contributed by atoms with Gasteiger partial charge in [0.05, 0.1) is 12.3 Å². The largest absolute Gasteiger partial charge is 0.492 e. The highest BCUT2D eigenvalue weighted by Crippen LogP contribution is 2.13. The summed E-state index contributed by atoms with van der Waals surface area (Å²) in [7, 11) is 0. The Morgan fingerprint density at radius 2 is 2.16 bits per heavy atom. The van der Waals surface area contributed by atoms with Gasteiger partial charge in [-0.15, -0.1) is 0 Å². The molecule has 0 spiro atoms. The van der Waals surface area contributed by atoms with Crippen LogP contribution in [-0.2, 0) is 13.0 Å².